The molecule has 2 aromatic rings. The second-order valence-electron chi connectivity index (χ2n) is 8.42. The Labute approximate surface area is 181 Å². The van der Waals surface area contributed by atoms with Crippen molar-refractivity contribution in [1.82, 2.24) is 15.3 Å². The number of hydrogen-bond acceptors (Lipinski definition) is 5. The van der Waals surface area contributed by atoms with Gasteiger partial charge in [-0.15, -0.1) is 0 Å². The largest absolute Gasteiger partial charge is 0.480 e. The minimum atomic E-state index is 0.0700. The Kier molecular flexibility index (Phi) is 6.52. The van der Waals surface area contributed by atoms with E-state index >= 15 is 0 Å². The molecule has 3 heterocycles. The average Bonchev–Trinajstić information content (AvgIpc) is 3.19. The molecule has 0 unspecified atom stereocenters. The number of aromatic nitrogens is 2. The first-order valence-electron chi connectivity index (χ1n) is 10.6. The van der Waals surface area contributed by atoms with Crippen molar-refractivity contribution in [2.24, 2.45) is 0 Å². The molecule has 0 bridgehead atoms. The first kappa shape index (κ1) is 20.8. The highest BCUT2D eigenvalue weighted by Gasteiger charge is 2.48. The third-order valence-corrected chi connectivity index (χ3v) is 7.11. The van der Waals surface area contributed by atoms with Gasteiger partial charge in [0.05, 0.1) is 17.2 Å². The fourth-order valence-corrected chi connectivity index (χ4v) is 5.63. The topological polar surface area (TPSA) is 56.3 Å². The molecule has 1 aliphatic heterocycles. The molecule has 1 N–H and O–H groups in total. The predicted octanol–water partition coefficient (Wildman–Crippen LogP) is 4.79. The van der Waals surface area contributed by atoms with Gasteiger partial charge in [0.2, 0.25) is 5.88 Å². The summed E-state index contributed by atoms with van der Waals surface area (Å²) in [5, 5.41) is 3.62. The second-order valence-corrected chi connectivity index (χ2v) is 9.28. The molecule has 0 amide bonds. The Morgan fingerprint density at radius 1 is 1.21 bits per heavy atom. The molecule has 29 heavy (non-hydrogen) atoms. The van der Waals surface area contributed by atoms with Crippen molar-refractivity contribution in [3.8, 4) is 5.88 Å². The summed E-state index contributed by atoms with van der Waals surface area (Å²) in [6.45, 7) is 2.57. The van der Waals surface area contributed by atoms with Crippen LogP contribution in [0.15, 0.2) is 41.1 Å². The molecule has 0 radical (unpaired) electrons. The lowest BCUT2D eigenvalue weighted by Crippen LogP contribution is -2.47. The fourth-order valence-electron chi connectivity index (χ4n) is 5.07. The van der Waals surface area contributed by atoms with Crippen LogP contribution in [0.2, 0.25) is 0 Å². The lowest BCUT2D eigenvalue weighted by atomic mass is 9.68. The molecular weight excluding hydrogens is 430 g/mol. The van der Waals surface area contributed by atoms with Crippen molar-refractivity contribution in [2.75, 3.05) is 20.3 Å². The lowest BCUT2D eigenvalue weighted by molar-refractivity contribution is -0.104. The Bertz CT molecular complexity index is 811. The van der Waals surface area contributed by atoms with Gasteiger partial charge in [-0.1, -0.05) is 18.9 Å². The van der Waals surface area contributed by atoms with Crippen molar-refractivity contribution in [2.45, 2.75) is 62.5 Å². The fraction of sp³-hybridized carbons (Fsp3) is 0.565. The number of halogens is 1. The standard InChI is InChI=1S/C23H30BrN3O2/c1-28-21-19(24)14-18(16-27-21)15-25-12-9-22(20-6-2-5-11-26-20)10-13-29-23(17-22)7-3-4-8-23/h2,5-6,11,14,16,25H,3-4,7-10,12-13,15,17H2,1H3/t22-/m0/s1. The van der Waals surface area contributed by atoms with E-state index in [1.807, 2.05) is 18.5 Å². The molecule has 1 aliphatic carbocycles. The van der Waals surface area contributed by atoms with Gasteiger partial charge in [0.1, 0.15) is 0 Å². The summed E-state index contributed by atoms with van der Waals surface area (Å²) < 4.78 is 12.4. The van der Waals surface area contributed by atoms with Gasteiger partial charge in [0, 0.05) is 36.7 Å². The monoisotopic (exact) mass is 459 g/mol. The van der Waals surface area contributed by atoms with E-state index in [4.69, 9.17) is 14.5 Å². The average molecular weight is 460 g/mol. The Morgan fingerprint density at radius 2 is 2.07 bits per heavy atom. The zero-order valence-electron chi connectivity index (χ0n) is 17.1. The molecule has 2 aromatic heterocycles. The highest BCUT2D eigenvalue weighted by molar-refractivity contribution is 9.10. The maximum absolute atomic E-state index is 6.34. The van der Waals surface area contributed by atoms with Crippen molar-refractivity contribution in [3.05, 3.63) is 52.4 Å². The van der Waals surface area contributed by atoms with E-state index in [0.29, 0.717) is 5.88 Å². The number of rotatable bonds is 7. The quantitative estimate of drug-likeness (QED) is 0.603. The van der Waals surface area contributed by atoms with Gasteiger partial charge >= 0.3 is 0 Å². The molecule has 2 aliphatic rings. The summed E-state index contributed by atoms with van der Waals surface area (Å²) in [7, 11) is 1.63. The maximum Gasteiger partial charge on any atom is 0.227 e. The second kappa shape index (κ2) is 9.11. The normalized spacial score (nSPS) is 23.4. The third kappa shape index (κ3) is 4.65. The SMILES string of the molecule is COc1ncc(CNCC[C@]2(c3ccccn3)CCOC3(CCCC3)C2)cc1Br. The Hall–Kier alpha value is -1.50. The zero-order valence-corrected chi connectivity index (χ0v) is 18.7. The summed E-state index contributed by atoms with van der Waals surface area (Å²) in [4.78, 5) is 9.12. The summed E-state index contributed by atoms with van der Waals surface area (Å²) in [5.74, 6) is 0.618. The lowest BCUT2D eigenvalue weighted by Gasteiger charge is -2.46. The van der Waals surface area contributed by atoms with Crippen molar-refractivity contribution < 1.29 is 9.47 Å². The molecule has 1 atom stereocenters. The van der Waals surface area contributed by atoms with E-state index < -0.39 is 0 Å². The van der Waals surface area contributed by atoms with E-state index in [2.05, 4.69) is 44.4 Å². The molecule has 1 saturated carbocycles. The highest BCUT2D eigenvalue weighted by Crippen LogP contribution is 2.49. The summed E-state index contributed by atoms with van der Waals surface area (Å²) in [5.41, 5.74) is 2.53. The van der Waals surface area contributed by atoms with Crippen LogP contribution >= 0.6 is 15.9 Å². The number of ether oxygens (including phenoxy) is 2. The minimum absolute atomic E-state index is 0.0700. The van der Waals surface area contributed by atoms with E-state index in [-0.39, 0.29) is 11.0 Å². The van der Waals surface area contributed by atoms with Gasteiger partial charge in [-0.2, -0.15) is 0 Å². The van der Waals surface area contributed by atoms with Crippen molar-refractivity contribution in [3.63, 3.8) is 0 Å². The molecule has 156 valence electrons. The van der Waals surface area contributed by atoms with Crippen molar-refractivity contribution >= 4 is 15.9 Å². The van der Waals surface area contributed by atoms with E-state index in [0.717, 1.165) is 49.0 Å². The first-order valence-corrected chi connectivity index (χ1v) is 11.4. The minimum Gasteiger partial charge on any atom is -0.480 e. The number of nitrogens with zero attached hydrogens (tertiary/aromatic N) is 2. The van der Waals surface area contributed by atoms with E-state index in [1.54, 1.807) is 7.11 Å². The predicted molar refractivity (Wildman–Crippen MR) is 117 cm³/mol. The Balaban J connectivity index is 1.43. The molecule has 6 heteroatoms. The summed E-state index contributed by atoms with van der Waals surface area (Å²) in [6, 6.07) is 8.40. The third-order valence-electron chi connectivity index (χ3n) is 6.54. The van der Waals surface area contributed by atoms with E-state index in [9.17, 15) is 0 Å². The number of methoxy groups -OCH3 is 1. The molecule has 1 saturated heterocycles. The maximum atomic E-state index is 6.34. The van der Waals surface area contributed by atoms with Crippen LogP contribution in [-0.4, -0.2) is 35.8 Å². The number of hydrogen-bond donors (Lipinski definition) is 1. The van der Waals surface area contributed by atoms with Crippen LogP contribution in [0.25, 0.3) is 0 Å². The smallest absolute Gasteiger partial charge is 0.227 e. The number of pyridine rings is 2. The highest BCUT2D eigenvalue weighted by atomic mass is 79.9. The van der Waals surface area contributed by atoms with Gasteiger partial charge in [-0.05, 0) is 78.3 Å². The zero-order chi connectivity index (χ0) is 20.2. The summed E-state index contributed by atoms with van der Waals surface area (Å²) >= 11 is 3.51. The van der Waals surface area contributed by atoms with Crippen LogP contribution < -0.4 is 10.1 Å². The van der Waals surface area contributed by atoms with Crippen LogP contribution in [0.1, 0.15) is 56.2 Å². The number of nitrogens with one attached hydrogen (secondary N) is 1. The van der Waals surface area contributed by atoms with Crippen molar-refractivity contribution in [1.29, 1.82) is 0 Å². The molecular formula is C23H30BrN3O2. The summed E-state index contributed by atoms with van der Waals surface area (Å²) in [6.07, 6.45) is 12.0. The molecule has 5 nitrogen and oxygen atoms in total. The molecule has 1 spiro atoms. The van der Waals surface area contributed by atoms with Gasteiger partial charge in [0.25, 0.3) is 0 Å². The van der Waals surface area contributed by atoms with Gasteiger partial charge in [0.15, 0.2) is 0 Å². The molecule has 2 fully saturated rings. The van der Waals surface area contributed by atoms with Gasteiger partial charge < -0.3 is 14.8 Å². The van der Waals surface area contributed by atoms with Crippen LogP contribution in [0, 0.1) is 0 Å². The molecule has 4 rings (SSSR count). The van der Waals surface area contributed by atoms with Gasteiger partial charge in [-0.3, -0.25) is 4.98 Å². The van der Waals surface area contributed by atoms with Crippen LogP contribution in [0.4, 0.5) is 0 Å². The first-order chi connectivity index (χ1) is 14.1. The van der Waals surface area contributed by atoms with Crippen LogP contribution in [0.5, 0.6) is 5.88 Å². The van der Waals surface area contributed by atoms with Crippen LogP contribution in [0.3, 0.4) is 0 Å². The Morgan fingerprint density at radius 3 is 2.79 bits per heavy atom. The van der Waals surface area contributed by atoms with E-state index in [1.165, 1.54) is 31.4 Å². The molecule has 0 aromatic carbocycles. The van der Waals surface area contributed by atoms with Crippen LogP contribution in [-0.2, 0) is 16.7 Å². The van der Waals surface area contributed by atoms with Gasteiger partial charge in [-0.25, -0.2) is 4.98 Å².